The number of methoxy groups -OCH3 is 1. The fourth-order valence-electron chi connectivity index (χ4n) is 7.25. The highest BCUT2D eigenvalue weighted by molar-refractivity contribution is 5.95. The molecule has 5 rings (SSSR count). The number of aliphatic hydroxyl groups excluding tert-OH is 1. The Kier molecular flexibility index (Phi) is 12.9. The second-order valence-electron chi connectivity index (χ2n) is 16.1. The molecule has 4 aromatic rings. The molecule has 300 valence electrons. The number of nitrogens with zero attached hydrogens (tertiary/aromatic N) is 3. The van der Waals surface area contributed by atoms with Crippen molar-refractivity contribution in [1.29, 1.82) is 0 Å². The maximum absolute atomic E-state index is 14.0. The number of carbonyl (C=O) groups is 3. The van der Waals surface area contributed by atoms with E-state index in [2.05, 4.69) is 28.3 Å². The second kappa shape index (κ2) is 17.2. The molecule has 1 fully saturated rings. The number of aliphatic hydroxyl groups is 1. The van der Waals surface area contributed by atoms with Gasteiger partial charge >= 0.3 is 12.1 Å². The number of carboxylic acid groups (broad SMARTS) is 1. The van der Waals surface area contributed by atoms with Gasteiger partial charge in [-0.3, -0.25) is 24.7 Å². The zero-order valence-corrected chi connectivity index (χ0v) is 33.2. The number of non-ortho nitro benzene ring substituents is 1. The van der Waals surface area contributed by atoms with E-state index in [1.54, 1.807) is 33.9 Å². The molecular weight excluding hydrogens is 718 g/mol. The van der Waals surface area contributed by atoms with Crippen LogP contribution in [0.25, 0.3) is 33.3 Å². The summed E-state index contributed by atoms with van der Waals surface area (Å²) in [6.45, 7) is 12.4. The van der Waals surface area contributed by atoms with Gasteiger partial charge in [0.05, 0.1) is 17.2 Å². The molecule has 2 heterocycles. The van der Waals surface area contributed by atoms with Crippen LogP contribution in [0.2, 0.25) is 0 Å². The summed E-state index contributed by atoms with van der Waals surface area (Å²) in [5.74, 6) is -1.71. The summed E-state index contributed by atoms with van der Waals surface area (Å²) in [5.41, 5.74) is 7.85. The second-order valence-corrected chi connectivity index (χ2v) is 16.1. The Balaban J connectivity index is 1.63. The standard InChI is InChI=1S/C42H53N5O9/c1-8-45-36-16-15-27(22-32(36)33(23-42(5,6)25-48)37(45)31-13-10-9-12-28(31)24-55-7)29-18-26(19-30(21-29)47(53)54)20-35(43-40(52)56-41(2,3)4)38(49)46-17-11-14-34(44-46)39(50)51/h9-10,12-13,15-16,18-19,21-22,34-35,44,48H,8,11,14,17,20,23-25H2,1-7H3,(H,43,52)(H,50,51)/t34-,35-/m0/s1. The number of nitro groups is 1. The van der Waals surface area contributed by atoms with Crippen molar-refractivity contribution in [3.05, 3.63) is 87.5 Å². The number of ether oxygens (including phenoxy) is 2. The van der Waals surface area contributed by atoms with E-state index in [0.29, 0.717) is 49.1 Å². The average Bonchev–Trinajstić information content (AvgIpc) is 3.45. The van der Waals surface area contributed by atoms with Crippen molar-refractivity contribution >= 4 is 34.6 Å². The molecule has 56 heavy (non-hydrogen) atoms. The highest BCUT2D eigenvalue weighted by atomic mass is 16.6. The fraction of sp³-hybridized carbons (Fsp3) is 0.452. The van der Waals surface area contributed by atoms with Gasteiger partial charge in [-0.05, 0) is 92.3 Å². The van der Waals surface area contributed by atoms with Crippen molar-refractivity contribution < 1.29 is 39.0 Å². The number of rotatable bonds is 14. The van der Waals surface area contributed by atoms with Gasteiger partial charge in [-0.15, -0.1) is 0 Å². The lowest BCUT2D eigenvalue weighted by molar-refractivity contribution is -0.384. The van der Waals surface area contributed by atoms with Gasteiger partial charge in [0, 0.05) is 61.8 Å². The number of carboxylic acids is 1. The van der Waals surface area contributed by atoms with Gasteiger partial charge < -0.3 is 29.6 Å². The summed E-state index contributed by atoms with van der Waals surface area (Å²) >= 11 is 0. The minimum absolute atomic E-state index is 0.0416. The Bertz CT molecular complexity index is 2100. The number of hydrogen-bond donors (Lipinski definition) is 4. The number of hydrogen-bond acceptors (Lipinski definition) is 9. The number of alkyl carbamates (subject to hydrolysis) is 1. The Morgan fingerprint density at radius 3 is 2.43 bits per heavy atom. The quantitative estimate of drug-likeness (QED) is 0.0802. The lowest BCUT2D eigenvalue weighted by Crippen LogP contribution is -2.60. The molecule has 0 saturated carbocycles. The van der Waals surface area contributed by atoms with Gasteiger partial charge in [-0.2, -0.15) is 0 Å². The number of aromatic nitrogens is 1. The van der Waals surface area contributed by atoms with Crippen molar-refractivity contribution in [3.63, 3.8) is 0 Å². The maximum Gasteiger partial charge on any atom is 0.408 e. The van der Waals surface area contributed by atoms with Crippen LogP contribution in [0.3, 0.4) is 0 Å². The van der Waals surface area contributed by atoms with E-state index in [4.69, 9.17) is 9.47 Å². The number of nitro benzene ring substituents is 1. The zero-order chi connectivity index (χ0) is 40.9. The molecule has 1 saturated heterocycles. The molecule has 1 aliphatic rings. The summed E-state index contributed by atoms with van der Waals surface area (Å²) in [6.07, 6.45) is 0.285. The van der Waals surface area contributed by atoms with Crippen LogP contribution in [0.5, 0.6) is 0 Å². The lowest BCUT2D eigenvalue weighted by Gasteiger charge is -2.34. The molecule has 0 spiro atoms. The van der Waals surface area contributed by atoms with E-state index in [-0.39, 0.29) is 25.3 Å². The topological polar surface area (TPSA) is 185 Å². The van der Waals surface area contributed by atoms with Crippen molar-refractivity contribution in [1.82, 2.24) is 20.3 Å². The van der Waals surface area contributed by atoms with E-state index in [1.165, 1.54) is 17.1 Å². The molecule has 2 atom stereocenters. The normalized spacial score (nSPS) is 15.4. The van der Waals surface area contributed by atoms with E-state index < -0.39 is 46.0 Å². The Labute approximate surface area is 326 Å². The van der Waals surface area contributed by atoms with Crippen molar-refractivity contribution in [2.24, 2.45) is 5.41 Å². The van der Waals surface area contributed by atoms with Gasteiger partial charge in [0.15, 0.2) is 0 Å². The van der Waals surface area contributed by atoms with Crippen LogP contribution < -0.4 is 10.7 Å². The number of hydrazine groups is 1. The fourth-order valence-corrected chi connectivity index (χ4v) is 7.25. The zero-order valence-electron chi connectivity index (χ0n) is 33.2. The smallest absolute Gasteiger partial charge is 0.408 e. The number of carbonyl (C=O) groups excluding carboxylic acids is 2. The molecule has 0 unspecified atom stereocenters. The van der Waals surface area contributed by atoms with Crippen LogP contribution in [0.1, 0.15) is 71.1 Å². The lowest BCUT2D eigenvalue weighted by atomic mass is 9.84. The number of fused-ring (bicyclic) bond motifs is 1. The third-order valence-corrected chi connectivity index (χ3v) is 9.84. The molecule has 1 aromatic heterocycles. The van der Waals surface area contributed by atoms with Gasteiger partial charge in [-0.1, -0.05) is 50.2 Å². The molecule has 14 heteroatoms. The minimum atomic E-state index is -1.25. The first-order valence-electron chi connectivity index (χ1n) is 18.9. The molecule has 14 nitrogen and oxygen atoms in total. The molecular formula is C42H53N5O9. The van der Waals surface area contributed by atoms with E-state index in [9.17, 15) is 34.7 Å². The number of amides is 2. The largest absolute Gasteiger partial charge is 0.480 e. The summed E-state index contributed by atoms with van der Waals surface area (Å²) < 4.78 is 13.3. The van der Waals surface area contributed by atoms with Crippen molar-refractivity contribution in [2.75, 3.05) is 20.3 Å². The first kappa shape index (κ1) is 41.8. The third-order valence-electron chi connectivity index (χ3n) is 9.84. The van der Waals surface area contributed by atoms with Gasteiger partial charge in [0.1, 0.15) is 17.7 Å². The first-order valence-corrected chi connectivity index (χ1v) is 18.9. The molecule has 0 radical (unpaired) electrons. The Morgan fingerprint density at radius 2 is 1.79 bits per heavy atom. The van der Waals surface area contributed by atoms with Crippen molar-refractivity contribution in [2.45, 2.75) is 98.1 Å². The maximum atomic E-state index is 14.0. The van der Waals surface area contributed by atoms with Crippen LogP contribution in [0.4, 0.5) is 10.5 Å². The van der Waals surface area contributed by atoms with Crippen LogP contribution in [0.15, 0.2) is 60.7 Å². The Hall–Kier alpha value is -5.31. The van der Waals surface area contributed by atoms with Crippen LogP contribution >= 0.6 is 0 Å². The number of benzene rings is 3. The van der Waals surface area contributed by atoms with E-state index in [1.807, 2.05) is 50.2 Å². The molecule has 2 amide bonds. The summed E-state index contributed by atoms with van der Waals surface area (Å²) in [4.78, 5) is 50.6. The van der Waals surface area contributed by atoms with Gasteiger partial charge in [0.25, 0.3) is 11.6 Å². The SMILES string of the molecule is CCn1c(-c2ccccc2COC)c(CC(C)(C)CO)c2cc(-c3cc(C[C@H](NC(=O)OC(C)(C)C)C(=O)N4CCC[C@@H](C(=O)O)N4)cc([N+](=O)[O-])c3)ccc21. The number of nitrogens with one attached hydrogen (secondary N) is 2. The van der Waals surface area contributed by atoms with E-state index in [0.717, 1.165) is 33.3 Å². The Morgan fingerprint density at radius 1 is 1.05 bits per heavy atom. The van der Waals surface area contributed by atoms with Crippen LogP contribution in [0, 0.1) is 15.5 Å². The highest BCUT2D eigenvalue weighted by Gasteiger charge is 2.34. The van der Waals surface area contributed by atoms with Crippen LogP contribution in [-0.4, -0.2) is 80.6 Å². The number of aliphatic carboxylic acids is 1. The summed E-state index contributed by atoms with van der Waals surface area (Å²) in [5, 5.41) is 37.1. The minimum Gasteiger partial charge on any atom is -0.480 e. The third kappa shape index (κ3) is 9.73. The molecule has 1 aliphatic heterocycles. The molecule has 4 N–H and O–H groups in total. The predicted molar refractivity (Wildman–Crippen MR) is 213 cm³/mol. The monoisotopic (exact) mass is 771 g/mol. The van der Waals surface area contributed by atoms with Crippen LogP contribution in [-0.2, 0) is 45.1 Å². The van der Waals surface area contributed by atoms with Gasteiger partial charge in [-0.25, -0.2) is 10.2 Å². The molecule has 3 aromatic carbocycles. The van der Waals surface area contributed by atoms with Crippen molar-refractivity contribution in [3.8, 4) is 22.4 Å². The predicted octanol–water partition coefficient (Wildman–Crippen LogP) is 6.63. The van der Waals surface area contributed by atoms with E-state index >= 15 is 0 Å². The highest BCUT2D eigenvalue weighted by Crippen LogP contribution is 2.41. The molecule has 0 aliphatic carbocycles. The first-order chi connectivity index (χ1) is 26.4. The number of aryl methyl sites for hydroxylation is 1. The summed E-state index contributed by atoms with van der Waals surface area (Å²) in [7, 11) is 1.66. The average molecular weight is 772 g/mol. The molecule has 0 bridgehead atoms. The van der Waals surface area contributed by atoms with Gasteiger partial charge in [0.2, 0.25) is 0 Å². The summed E-state index contributed by atoms with van der Waals surface area (Å²) in [6, 6.07) is 16.4.